The molecule has 20 heavy (non-hydrogen) atoms. The minimum atomic E-state index is -0.317. The number of hydrogen-bond donors (Lipinski definition) is 2. The van der Waals surface area contributed by atoms with Crippen LogP contribution in [-0.2, 0) is 9.53 Å². The van der Waals surface area contributed by atoms with Crippen molar-refractivity contribution in [3.8, 4) is 0 Å². The second-order valence-electron chi connectivity index (χ2n) is 5.33. The van der Waals surface area contributed by atoms with Gasteiger partial charge in [-0.1, -0.05) is 6.42 Å². The van der Waals surface area contributed by atoms with E-state index in [0.29, 0.717) is 13.2 Å². The number of halogens is 2. The Morgan fingerprint density at radius 3 is 2.65 bits per heavy atom. The molecule has 2 aliphatic heterocycles. The summed E-state index contributed by atoms with van der Waals surface area (Å²) in [6, 6.07) is 0.195. The van der Waals surface area contributed by atoms with Crippen molar-refractivity contribution in [2.24, 2.45) is 0 Å². The molecule has 120 valence electrons. The molecular weight excluding hydrogens is 301 g/mol. The van der Waals surface area contributed by atoms with Crippen molar-refractivity contribution in [3.63, 3.8) is 0 Å². The van der Waals surface area contributed by atoms with Gasteiger partial charge >= 0.3 is 0 Å². The van der Waals surface area contributed by atoms with Crippen LogP contribution in [0.15, 0.2) is 0 Å². The molecule has 7 heteroatoms. The molecule has 0 aromatic carbocycles. The van der Waals surface area contributed by atoms with Gasteiger partial charge in [0.05, 0.1) is 6.61 Å². The quantitative estimate of drug-likeness (QED) is 0.802. The minimum absolute atomic E-state index is 0. The lowest BCUT2D eigenvalue weighted by Gasteiger charge is -2.30. The van der Waals surface area contributed by atoms with Crippen LogP contribution in [0.4, 0.5) is 0 Å². The molecule has 2 aliphatic rings. The molecule has 0 aromatic rings. The topological polar surface area (TPSA) is 53.6 Å². The number of ether oxygens (including phenoxy) is 1. The van der Waals surface area contributed by atoms with Crippen molar-refractivity contribution in [3.05, 3.63) is 0 Å². The van der Waals surface area contributed by atoms with E-state index in [1.165, 1.54) is 32.4 Å². The lowest BCUT2D eigenvalue weighted by Crippen LogP contribution is -2.52. The monoisotopic (exact) mass is 327 g/mol. The van der Waals surface area contributed by atoms with Gasteiger partial charge in [-0.3, -0.25) is 4.79 Å². The van der Waals surface area contributed by atoms with Gasteiger partial charge in [0.1, 0.15) is 6.10 Å². The summed E-state index contributed by atoms with van der Waals surface area (Å²) in [6.07, 6.45) is 3.61. The largest absolute Gasteiger partial charge is 0.366 e. The Morgan fingerprint density at radius 1 is 1.35 bits per heavy atom. The lowest BCUT2D eigenvalue weighted by molar-refractivity contribution is -0.135. The highest BCUT2D eigenvalue weighted by atomic mass is 35.5. The van der Waals surface area contributed by atoms with Crippen molar-refractivity contribution in [1.82, 2.24) is 15.5 Å². The number of piperidine rings is 1. The van der Waals surface area contributed by atoms with Crippen molar-refractivity contribution >= 4 is 30.7 Å². The highest BCUT2D eigenvalue weighted by molar-refractivity contribution is 5.85. The average Bonchev–Trinajstić information content (AvgIpc) is 2.40. The molecule has 0 aromatic heterocycles. The molecule has 0 bridgehead atoms. The van der Waals surface area contributed by atoms with Crippen LogP contribution in [0.1, 0.15) is 26.2 Å². The number of likely N-dealkylation sites (tertiary alicyclic amines) is 1. The standard InChI is InChI=1S/C13H25N3O2.2ClH/c1-11(10-16-6-3-2-4-7-16)15-13(17)12-9-14-5-8-18-12;;/h11-12,14H,2-10H2,1H3,(H,15,17);2*1H. The van der Waals surface area contributed by atoms with Gasteiger partial charge < -0.3 is 20.3 Å². The fourth-order valence-corrected chi connectivity index (χ4v) is 2.64. The van der Waals surface area contributed by atoms with Gasteiger partial charge in [-0.25, -0.2) is 0 Å². The third kappa shape index (κ3) is 6.59. The molecule has 2 unspecified atom stereocenters. The first-order chi connectivity index (χ1) is 8.75. The number of rotatable bonds is 4. The maximum Gasteiger partial charge on any atom is 0.250 e. The predicted molar refractivity (Wildman–Crippen MR) is 85.0 cm³/mol. The average molecular weight is 328 g/mol. The third-order valence-electron chi connectivity index (χ3n) is 3.59. The van der Waals surface area contributed by atoms with E-state index in [9.17, 15) is 4.79 Å². The van der Waals surface area contributed by atoms with Crippen molar-refractivity contribution in [2.45, 2.75) is 38.3 Å². The molecule has 1 amide bonds. The van der Waals surface area contributed by atoms with Gasteiger partial charge in [0.15, 0.2) is 0 Å². The number of carbonyl (C=O) groups is 1. The molecule has 0 radical (unpaired) electrons. The zero-order valence-corrected chi connectivity index (χ0v) is 13.7. The molecule has 2 rings (SSSR count). The second-order valence-corrected chi connectivity index (χ2v) is 5.33. The van der Waals surface area contributed by atoms with Gasteiger partial charge in [0.25, 0.3) is 5.91 Å². The normalized spacial score (nSPS) is 24.9. The maximum absolute atomic E-state index is 12.0. The van der Waals surface area contributed by atoms with Crippen LogP contribution < -0.4 is 10.6 Å². The fourth-order valence-electron chi connectivity index (χ4n) is 2.64. The summed E-state index contributed by atoms with van der Waals surface area (Å²) in [6.45, 7) is 7.45. The van der Waals surface area contributed by atoms with Gasteiger partial charge in [0.2, 0.25) is 0 Å². The van der Waals surface area contributed by atoms with Crippen LogP contribution in [0, 0.1) is 0 Å². The summed E-state index contributed by atoms with van der Waals surface area (Å²) in [5, 5.41) is 6.23. The summed E-state index contributed by atoms with van der Waals surface area (Å²) in [7, 11) is 0. The number of nitrogens with one attached hydrogen (secondary N) is 2. The van der Waals surface area contributed by atoms with E-state index in [-0.39, 0.29) is 42.9 Å². The van der Waals surface area contributed by atoms with Crippen LogP contribution >= 0.6 is 24.8 Å². The number of hydrogen-bond acceptors (Lipinski definition) is 4. The van der Waals surface area contributed by atoms with E-state index in [4.69, 9.17) is 4.74 Å². The maximum atomic E-state index is 12.0. The van der Waals surface area contributed by atoms with Gasteiger partial charge in [0, 0.05) is 25.7 Å². The highest BCUT2D eigenvalue weighted by Gasteiger charge is 2.23. The van der Waals surface area contributed by atoms with E-state index in [1.54, 1.807) is 0 Å². The van der Waals surface area contributed by atoms with Crippen LogP contribution in [0.3, 0.4) is 0 Å². The molecule has 0 saturated carbocycles. The first-order valence-electron chi connectivity index (χ1n) is 7.11. The van der Waals surface area contributed by atoms with Crippen molar-refractivity contribution in [1.29, 1.82) is 0 Å². The smallest absolute Gasteiger partial charge is 0.250 e. The Kier molecular flexibility index (Phi) is 10.6. The van der Waals surface area contributed by atoms with Crippen LogP contribution in [0.5, 0.6) is 0 Å². The zero-order chi connectivity index (χ0) is 12.8. The molecule has 2 fully saturated rings. The summed E-state index contributed by atoms with van der Waals surface area (Å²) in [4.78, 5) is 14.4. The Bertz CT molecular complexity index is 270. The Balaban J connectivity index is 0.00000180. The molecule has 2 saturated heterocycles. The molecule has 0 aliphatic carbocycles. The predicted octanol–water partition coefficient (Wildman–Crippen LogP) is 0.809. The molecule has 2 atom stereocenters. The summed E-state index contributed by atoms with van der Waals surface area (Å²) < 4.78 is 5.44. The molecule has 0 spiro atoms. The molecule has 2 heterocycles. The lowest BCUT2D eigenvalue weighted by atomic mass is 10.1. The third-order valence-corrected chi connectivity index (χ3v) is 3.59. The summed E-state index contributed by atoms with van der Waals surface area (Å²) in [5.74, 6) is 0.0201. The van der Waals surface area contributed by atoms with Crippen LogP contribution in [0.2, 0.25) is 0 Å². The number of nitrogens with zero attached hydrogens (tertiary/aromatic N) is 1. The minimum Gasteiger partial charge on any atom is -0.366 e. The van der Waals surface area contributed by atoms with Gasteiger partial charge in [-0.15, -0.1) is 24.8 Å². The van der Waals surface area contributed by atoms with Crippen LogP contribution in [-0.4, -0.2) is 62.3 Å². The van der Waals surface area contributed by atoms with Crippen molar-refractivity contribution in [2.75, 3.05) is 39.3 Å². The van der Waals surface area contributed by atoms with E-state index in [1.807, 2.05) is 0 Å². The number of morpholine rings is 1. The highest BCUT2D eigenvalue weighted by Crippen LogP contribution is 2.08. The summed E-state index contributed by atoms with van der Waals surface area (Å²) in [5.41, 5.74) is 0. The second kappa shape index (κ2) is 10.6. The fraction of sp³-hybridized carbons (Fsp3) is 0.923. The van der Waals surface area contributed by atoms with E-state index in [2.05, 4.69) is 22.5 Å². The SMILES string of the molecule is CC(CN1CCCCC1)NC(=O)C1CNCCO1.Cl.Cl. The summed E-state index contributed by atoms with van der Waals surface area (Å²) >= 11 is 0. The van der Waals surface area contributed by atoms with E-state index >= 15 is 0 Å². The Labute approximate surface area is 134 Å². The van der Waals surface area contributed by atoms with Gasteiger partial charge in [-0.2, -0.15) is 0 Å². The Morgan fingerprint density at radius 2 is 2.05 bits per heavy atom. The van der Waals surface area contributed by atoms with E-state index < -0.39 is 0 Å². The van der Waals surface area contributed by atoms with E-state index in [0.717, 1.165) is 13.1 Å². The number of carbonyl (C=O) groups excluding carboxylic acids is 1. The van der Waals surface area contributed by atoms with Gasteiger partial charge in [-0.05, 0) is 32.9 Å². The number of amides is 1. The molecule has 2 N–H and O–H groups in total. The zero-order valence-electron chi connectivity index (χ0n) is 12.1. The van der Waals surface area contributed by atoms with Crippen LogP contribution in [0.25, 0.3) is 0 Å². The molecular formula is C13H27Cl2N3O2. The Hall–Kier alpha value is -0.0700. The first kappa shape index (κ1) is 19.9. The molecule has 5 nitrogen and oxygen atoms in total. The first-order valence-corrected chi connectivity index (χ1v) is 7.11. The van der Waals surface area contributed by atoms with Crippen molar-refractivity contribution < 1.29 is 9.53 Å².